The van der Waals surface area contributed by atoms with Crippen LogP contribution in [0.3, 0.4) is 0 Å². The maximum atomic E-state index is 2.50. The van der Waals surface area contributed by atoms with Gasteiger partial charge in [0.2, 0.25) is 0 Å². The summed E-state index contributed by atoms with van der Waals surface area (Å²) in [4.78, 5) is 5.01. The summed E-state index contributed by atoms with van der Waals surface area (Å²) in [6, 6.07) is 68.2. The minimum absolute atomic E-state index is 1.12. The van der Waals surface area contributed by atoms with E-state index < -0.39 is 0 Å². The molecular weight excluding hydrogens is 643 g/mol. The highest BCUT2D eigenvalue weighted by molar-refractivity contribution is 6.22. The summed E-state index contributed by atoms with van der Waals surface area (Å²) < 4.78 is 2.44. The van der Waals surface area contributed by atoms with Crippen molar-refractivity contribution in [2.75, 3.05) is 9.80 Å². The van der Waals surface area contributed by atoms with Crippen molar-refractivity contribution in [2.24, 2.45) is 0 Å². The molecule has 0 fully saturated rings. The van der Waals surface area contributed by atoms with Crippen LogP contribution in [0.2, 0.25) is 0 Å². The number of aryl methyl sites for hydroxylation is 2. The van der Waals surface area contributed by atoms with Crippen LogP contribution in [0.4, 0.5) is 34.1 Å². The average molecular weight is 680 g/mol. The molecule has 1 aliphatic rings. The van der Waals surface area contributed by atoms with Gasteiger partial charge in [-0.05, 0) is 102 Å². The molecule has 8 aromatic carbocycles. The van der Waals surface area contributed by atoms with Crippen LogP contribution in [0, 0.1) is 13.8 Å². The number of hydrogen-bond donors (Lipinski definition) is 0. The van der Waals surface area contributed by atoms with Gasteiger partial charge < -0.3 is 14.4 Å². The van der Waals surface area contributed by atoms with Crippen molar-refractivity contribution in [1.29, 1.82) is 0 Å². The highest BCUT2D eigenvalue weighted by Crippen LogP contribution is 2.60. The molecule has 0 atom stereocenters. The smallest absolute Gasteiger partial charge is 0.0804 e. The summed E-state index contributed by atoms with van der Waals surface area (Å²) >= 11 is 0. The van der Waals surface area contributed by atoms with Crippen molar-refractivity contribution < 1.29 is 0 Å². The zero-order valence-electron chi connectivity index (χ0n) is 29.7. The van der Waals surface area contributed by atoms with Crippen molar-refractivity contribution in [3.8, 4) is 27.9 Å². The fourth-order valence-corrected chi connectivity index (χ4v) is 8.38. The standard InChI is InChI=1S/C50H37N3/c1-34-17-12-13-26-41(34)47-35(2)29-30-45-49(47)52(38-21-8-4-9-22-38)46-32-31-44-48(50(46)53(45)39-23-10-5-11-24-39)42-27-14-15-28-43(42)51(44)40-25-16-20-37(33-40)36-18-6-3-7-19-36/h3-33H,1-2H3. The van der Waals surface area contributed by atoms with E-state index in [0.29, 0.717) is 0 Å². The molecule has 3 nitrogen and oxygen atoms in total. The molecule has 0 unspecified atom stereocenters. The van der Waals surface area contributed by atoms with Gasteiger partial charge in [0.25, 0.3) is 0 Å². The Morgan fingerprint density at radius 1 is 0.377 bits per heavy atom. The van der Waals surface area contributed by atoms with Crippen molar-refractivity contribution >= 4 is 55.9 Å². The Kier molecular flexibility index (Phi) is 7.26. The fourth-order valence-electron chi connectivity index (χ4n) is 8.38. The second-order valence-electron chi connectivity index (χ2n) is 13.9. The number of para-hydroxylation sites is 3. The molecule has 0 amide bonds. The molecule has 0 saturated carbocycles. The largest absolute Gasteiger partial charge is 0.309 e. The summed E-state index contributed by atoms with van der Waals surface area (Å²) in [5.41, 5.74) is 17.8. The number of benzene rings is 8. The second-order valence-corrected chi connectivity index (χ2v) is 13.9. The summed E-state index contributed by atoms with van der Waals surface area (Å²) in [6.07, 6.45) is 0. The van der Waals surface area contributed by atoms with E-state index in [1.807, 2.05) is 0 Å². The van der Waals surface area contributed by atoms with Gasteiger partial charge in [0.1, 0.15) is 0 Å². The maximum absolute atomic E-state index is 2.50. The minimum Gasteiger partial charge on any atom is -0.309 e. The van der Waals surface area contributed by atoms with Crippen LogP contribution in [0.1, 0.15) is 11.1 Å². The Hall–Kier alpha value is -6.84. The van der Waals surface area contributed by atoms with E-state index >= 15 is 0 Å². The summed E-state index contributed by atoms with van der Waals surface area (Å²) in [7, 11) is 0. The number of anilines is 6. The topological polar surface area (TPSA) is 11.4 Å². The van der Waals surface area contributed by atoms with Crippen molar-refractivity contribution in [3.05, 3.63) is 199 Å². The summed E-state index contributed by atoms with van der Waals surface area (Å²) in [5.74, 6) is 0. The Bertz CT molecular complexity index is 2800. The molecule has 1 aromatic heterocycles. The van der Waals surface area contributed by atoms with E-state index in [0.717, 1.165) is 28.4 Å². The third-order valence-electron chi connectivity index (χ3n) is 10.7. The Labute approximate surface area is 310 Å². The lowest BCUT2D eigenvalue weighted by Gasteiger charge is -2.42. The van der Waals surface area contributed by atoms with E-state index in [1.54, 1.807) is 0 Å². The predicted molar refractivity (Wildman–Crippen MR) is 224 cm³/mol. The molecule has 2 heterocycles. The van der Waals surface area contributed by atoms with Gasteiger partial charge in [0, 0.05) is 33.4 Å². The van der Waals surface area contributed by atoms with Gasteiger partial charge in [-0.25, -0.2) is 0 Å². The SMILES string of the molecule is Cc1ccccc1-c1c(C)ccc2c1N(c1ccccc1)c1ccc3c(c1N2c1ccccc1)c1ccccc1n3-c1cccc(-c2ccccc2)c1. The second kappa shape index (κ2) is 12.4. The van der Waals surface area contributed by atoms with Gasteiger partial charge in [-0.2, -0.15) is 0 Å². The molecule has 53 heavy (non-hydrogen) atoms. The van der Waals surface area contributed by atoms with Crippen molar-refractivity contribution in [3.63, 3.8) is 0 Å². The molecule has 10 rings (SSSR count). The molecular formula is C50H37N3. The van der Waals surface area contributed by atoms with Crippen LogP contribution in [-0.2, 0) is 0 Å². The molecule has 9 aromatic rings. The van der Waals surface area contributed by atoms with Gasteiger partial charge in [-0.3, -0.25) is 0 Å². The first-order chi connectivity index (χ1) is 26.2. The zero-order valence-corrected chi connectivity index (χ0v) is 29.7. The van der Waals surface area contributed by atoms with Gasteiger partial charge in [0.15, 0.2) is 0 Å². The third-order valence-corrected chi connectivity index (χ3v) is 10.7. The number of aromatic nitrogens is 1. The molecule has 0 saturated heterocycles. The van der Waals surface area contributed by atoms with E-state index in [9.17, 15) is 0 Å². The van der Waals surface area contributed by atoms with Crippen molar-refractivity contribution in [2.45, 2.75) is 13.8 Å². The average Bonchev–Trinajstić information content (AvgIpc) is 3.56. The Morgan fingerprint density at radius 3 is 1.68 bits per heavy atom. The van der Waals surface area contributed by atoms with Crippen LogP contribution < -0.4 is 9.80 Å². The first kappa shape index (κ1) is 30.9. The van der Waals surface area contributed by atoms with Crippen LogP contribution in [0.5, 0.6) is 0 Å². The first-order valence-corrected chi connectivity index (χ1v) is 18.3. The van der Waals surface area contributed by atoms with Gasteiger partial charge in [0.05, 0.1) is 33.8 Å². The van der Waals surface area contributed by atoms with Crippen LogP contribution in [0.15, 0.2) is 188 Å². The van der Waals surface area contributed by atoms with E-state index in [4.69, 9.17) is 0 Å². The Balaban J connectivity index is 1.34. The lowest BCUT2D eigenvalue weighted by Crippen LogP contribution is -2.25. The minimum atomic E-state index is 1.12. The molecule has 0 N–H and O–H groups in total. The summed E-state index contributed by atoms with van der Waals surface area (Å²) in [6.45, 7) is 4.46. The molecule has 3 heteroatoms. The number of hydrogen-bond acceptors (Lipinski definition) is 2. The first-order valence-electron chi connectivity index (χ1n) is 18.3. The van der Waals surface area contributed by atoms with Crippen LogP contribution >= 0.6 is 0 Å². The molecule has 1 aliphatic heterocycles. The fraction of sp³-hybridized carbons (Fsp3) is 0.0400. The quantitative estimate of drug-likeness (QED) is 0.179. The lowest BCUT2D eigenvalue weighted by atomic mass is 9.90. The molecule has 0 radical (unpaired) electrons. The molecule has 252 valence electrons. The lowest BCUT2D eigenvalue weighted by molar-refractivity contribution is 1.16. The molecule has 0 aliphatic carbocycles. The number of nitrogens with zero attached hydrogens (tertiary/aromatic N) is 3. The third kappa shape index (κ3) is 4.89. The number of rotatable bonds is 5. The van der Waals surface area contributed by atoms with Gasteiger partial charge >= 0.3 is 0 Å². The summed E-state index contributed by atoms with van der Waals surface area (Å²) in [5, 5.41) is 2.43. The maximum Gasteiger partial charge on any atom is 0.0804 e. The zero-order chi connectivity index (χ0) is 35.5. The van der Waals surface area contributed by atoms with Crippen molar-refractivity contribution in [1.82, 2.24) is 4.57 Å². The molecule has 0 spiro atoms. The van der Waals surface area contributed by atoms with E-state index in [2.05, 4.69) is 216 Å². The van der Waals surface area contributed by atoms with Gasteiger partial charge in [-0.1, -0.05) is 127 Å². The van der Waals surface area contributed by atoms with Gasteiger partial charge in [-0.15, -0.1) is 0 Å². The van der Waals surface area contributed by atoms with Crippen LogP contribution in [0.25, 0.3) is 49.7 Å². The number of fused-ring (bicyclic) bond motifs is 6. The monoisotopic (exact) mass is 679 g/mol. The molecule has 0 bridgehead atoms. The highest BCUT2D eigenvalue weighted by Gasteiger charge is 2.36. The van der Waals surface area contributed by atoms with E-state index in [1.165, 1.54) is 66.6 Å². The highest BCUT2D eigenvalue weighted by atomic mass is 15.3. The van der Waals surface area contributed by atoms with E-state index in [-0.39, 0.29) is 0 Å². The predicted octanol–water partition coefficient (Wildman–Crippen LogP) is 14.0. The normalized spacial score (nSPS) is 12.3. The Morgan fingerprint density at radius 2 is 0.943 bits per heavy atom. The van der Waals surface area contributed by atoms with Crippen LogP contribution in [-0.4, -0.2) is 4.57 Å².